The van der Waals surface area contributed by atoms with Crippen LogP contribution >= 0.6 is 23.1 Å². The fourth-order valence-electron chi connectivity index (χ4n) is 1.35. The Morgan fingerprint density at radius 1 is 1.36 bits per heavy atom. The highest BCUT2D eigenvalue weighted by molar-refractivity contribution is 8.01. The first-order valence-corrected chi connectivity index (χ1v) is 6.86. The highest BCUT2D eigenvalue weighted by Gasteiger charge is 2.08. The van der Waals surface area contributed by atoms with Crippen molar-refractivity contribution < 1.29 is 0 Å². The van der Waals surface area contributed by atoms with Gasteiger partial charge in [0.05, 0.1) is 4.21 Å². The molecule has 0 aliphatic heterocycles. The number of nitrogens with zero attached hydrogens (tertiary/aromatic N) is 1. The van der Waals surface area contributed by atoms with Crippen molar-refractivity contribution in [2.75, 3.05) is 19.8 Å². The first kappa shape index (κ1) is 12.1. The van der Waals surface area contributed by atoms with E-state index in [0.29, 0.717) is 0 Å². The summed E-state index contributed by atoms with van der Waals surface area (Å²) in [5.74, 6) is 1.17. The molecule has 0 amide bonds. The van der Waals surface area contributed by atoms with Gasteiger partial charge in [-0.3, -0.25) is 0 Å². The van der Waals surface area contributed by atoms with Gasteiger partial charge in [-0.05, 0) is 37.9 Å². The van der Waals surface area contributed by atoms with E-state index in [2.05, 4.69) is 38.9 Å². The maximum absolute atomic E-state index is 2.36. The molecule has 0 radical (unpaired) electrons. The van der Waals surface area contributed by atoms with Crippen LogP contribution in [-0.2, 0) is 13.0 Å². The van der Waals surface area contributed by atoms with Gasteiger partial charge in [-0.15, -0.1) is 23.1 Å². The third kappa shape index (κ3) is 3.30. The molecule has 0 fully saturated rings. The fraction of sp³-hybridized carbons (Fsp3) is 0.636. The second-order valence-electron chi connectivity index (χ2n) is 3.55. The SMILES string of the molecule is CCSc1sc(CC)cc1CN(C)C. The van der Waals surface area contributed by atoms with Crippen LogP contribution in [0.2, 0.25) is 0 Å². The number of hydrogen-bond donors (Lipinski definition) is 0. The van der Waals surface area contributed by atoms with Crippen LogP contribution < -0.4 is 0 Å². The molecule has 0 aliphatic carbocycles. The molecule has 14 heavy (non-hydrogen) atoms. The summed E-state index contributed by atoms with van der Waals surface area (Å²) in [4.78, 5) is 3.75. The third-order valence-corrected chi connectivity index (χ3v) is 4.46. The molecule has 0 aliphatic rings. The van der Waals surface area contributed by atoms with Crippen LogP contribution in [0.4, 0.5) is 0 Å². The molecule has 0 saturated heterocycles. The van der Waals surface area contributed by atoms with Crippen molar-refractivity contribution in [2.24, 2.45) is 0 Å². The van der Waals surface area contributed by atoms with Crippen molar-refractivity contribution in [1.29, 1.82) is 0 Å². The molecule has 0 atom stereocenters. The molecule has 1 heterocycles. The molecule has 0 bridgehead atoms. The largest absolute Gasteiger partial charge is 0.305 e. The van der Waals surface area contributed by atoms with Gasteiger partial charge in [-0.1, -0.05) is 13.8 Å². The summed E-state index contributed by atoms with van der Waals surface area (Å²) in [6.07, 6.45) is 1.16. The van der Waals surface area contributed by atoms with Crippen molar-refractivity contribution in [3.05, 3.63) is 16.5 Å². The van der Waals surface area contributed by atoms with E-state index in [1.54, 1.807) is 0 Å². The average Bonchev–Trinajstić information content (AvgIpc) is 2.48. The highest BCUT2D eigenvalue weighted by Crippen LogP contribution is 2.32. The summed E-state index contributed by atoms with van der Waals surface area (Å²) in [6.45, 7) is 5.51. The van der Waals surface area contributed by atoms with E-state index in [1.807, 2.05) is 23.1 Å². The molecule has 1 nitrogen and oxygen atoms in total. The summed E-state index contributed by atoms with van der Waals surface area (Å²) in [5, 5.41) is 0. The summed E-state index contributed by atoms with van der Waals surface area (Å²) in [6, 6.07) is 2.36. The lowest BCUT2D eigenvalue weighted by atomic mass is 10.3. The van der Waals surface area contributed by atoms with Gasteiger partial charge >= 0.3 is 0 Å². The van der Waals surface area contributed by atoms with Crippen LogP contribution in [0, 0.1) is 0 Å². The summed E-state index contributed by atoms with van der Waals surface area (Å²) in [5.41, 5.74) is 1.50. The van der Waals surface area contributed by atoms with Gasteiger partial charge in [-0.25, -0.2) is 0 Å². The zero-order valence-corrected chi connectivity index (χ0v) is 11.1. The zero-order chi connectivity index (χ0) is 10.6. The smallest absolute Gasteiger partial charge is 0.0646 e. The van der Waals surface area contributed by atoms with Crippen molar-refractivity contribution in [2.45, 2.75) is 31.0 Å². The van der Waals surface area contributed by atoms with Gasteiger partial charge in [0.1, 0.15) is 0 Å². The van der Waals surface area contributed by atoms with Crippen molar-refractivity contribution in [3.8, 4) is 0 Å². The Morgan fingerprint density at radius 3 is 2.57 bits per heavy atom. The molecule has 0 aromatic carbocycles. The van der Waals surface area contributed by atoms with Crippen LogP contribution in [0.1, 0.15) is 24.3 Å². The van der Waals surface area contributed by atoms with Gasteiger partial charge < -0.3 is 4.90 Å². The zero-order valence-electron chi connectivity index (χ0n) is 9.46. The molecule has 0 spiro atoms. The Morgan fingerprint density at radius 2 is 2.07 bits per heavy atom. The lowest BCUT2D eigenvalue weighted by Gasteiger charge is -2.09. The first-order chi connectivity index (χ1) is 6.67. The number of thiophene rings is 1. The minimum absolute atomic E-state index is 1.07. The first-order valence-electron chi connectivity index (χ1n) is 5.06. The minimum Gasteiger partial charge on any atom is -0.305 e. The van der Waals surface area contributed by atoms with E-state index in [-0.39, 0.29) is 0 Å². The van der Waals surface area contributed by atoms with Gasteiger partial charge in [0.25, 0.3) is 0 Å². The van der Waals surface area contributed by atoms with Crippen molar-refractivity contribution in [1.82, 2.24) is 4.90 Å². The topological polar surface area (TPSA) is 3.24 Å². The standard InChI is InChI=1S/C11H19NS2/c1-5-10-7-9(8-12(3)4)11(14-10)13-6-2/h7H,5-6,8H2,1-4H3. The number of hydrogen-bond acceptors (Lipinski definition) is 3. The van der Waals surface area contributed by atoms with Crippen LogP contribution in [0.15, 0.2) is 10.3 Å². The highest BCUT2D eigenvalue weighted by atomic mass is 32.2. The molecule has 0 N–H and O–H groups in total. The Labute approximate surface area is 95.5 Å². The lowest BCUT2D eigenvalue weighted by Crippen LogP contribution is -2.10. The summed E-state index contributed by atoms with van der Waals surface area (Å²) in [7, 11) is 4.26. The Bertz CT molecular complexity index is 279. The number of rotatable bonds is 5. The molecule has 3 heteroatoms. The van der Waals surface area contributed by atoms with Crippen LogP contribution in [0.3, 0.4) is 0 Å². The maximum Gasteiger partial charge on any atom is 0.0646 e. The van der Waals surface area contributed by atoms with E-state index < -0.39 is 0 Å². The fourth-order valence-corrected chi connectivity index (χ4v) is 3.67. The van der Waals surface area contributed by atoms with Gasteiger partial charge in [0.15, 0.2) is 0 Å². The molecule has 0 unspecified atom stereocenters. The molecule has 1 aromatic heterocycles. The Kier molecular flexibility index (Phi) is 4.99. The number of thioether (sulfide) groups is 1. The van der Waals surface area contributed by atoms with Crippen LogP contribution in [0.25, 0.3) is 0 Å². The van der Waals surface area contributed by atoms with Crippen molar-refractivity contribution >= 4 is 23.1 Å². The van der Waals surface area contributed by atoms with Crippen molar-refractivity contribution in [3.63, 3.8) is 0 Å². The molecule has 1 rings (SSSR count). The molecule has 0 saturated carbocycles. The monoisotopic (exact) mass is 229 g/mol. The lowest BCUT2D eigenvalue weighted by molar-refractivity contribution is 0.400. The minimum atomic E-state index is 1.07. The molecular weight excluding hydrogens is 210 g/mol. The number of aryl methyl sites for hydroxylation is 1. The average molecular weight is 229 g/mol. The predicted octanol–water partition coefficient (Wildman–Crippen LogP) is 3.48. The molecule has 80 valence electrons. The quantitative estimate of drug-likeness (QED) is 0.711. The van der Waals surface area contributed by atoms with Crippen LogP contribution in [-0.4, -0.2) is 24.7 Å². The second kappa shape index (κ2) is 5.79. The molecular formula is C11H19NS2. The van der Waals surface area contributed by atoms with E-state index in [0.717, 1.165) is 13.0 Å². The maximum atomic E-state index is 2.36. The normalized spacial score (nSPS) is 11.2. The summed E-state index contributed by atoms with van der Waals surface area (Å²) >= 11 is 3.93. The van der Waals surface area contributed by atoms with E-state index in [1.165, 1.54) is 20.4 Å². The van der Waals surface area contributed by atoms with Gasteiger partial charge in [0, 0.05) is 11.4 Å². The molecule has 1 aromatic rings. The van der Waals surface area contributed by atoms with Gasteiger partial charge in [-0.2, -0.15) is 0 Å². The van der Waals surface area contributed by atoms with E-state index in [4.69, 9.17) is 0 Å². The third-order valence-electron chi connectivity index (χ3n) is 1.93. The van der Waals surface area contributed by atoms with E-state index in [9.17, 15) is 0 Å². The van der Waals surface area contributed by atoms with Crippen LogP contribution in [0.5, 0.6) is 0 Å². The second-order valence-corrected chi connectivity index (χ2v) is 6.22. The van der Waals surface area contributed by atoms with Gasteiger partial charge in [0.2, 0.25) is 0 Å². The Balaban J connectivity index is 2.82. The predicted molar refractivity (Wildman–Crippen MR) is 67.5 cm³/mol. The summed E-state index contributed by atoms with van der Waals surface area (Å²) < 4.78 is 1.51. The van der Waals surface area contributed by atoms with E-state index >= 15 is 0 Å². The Hall–Kier alpha value is 0.01000.